The lowest BCUT2D eigenvalue weighted by molar-refractivity contribution is 0.0124. The van der Waals surface area contributed by atoms with Crippen LogP contribution in [0.2, 0.25) is 0 Å². The van der Waals surface area contributed by atoms with Gasteiger partial charge in [-0.25, -0.2) is 0 Å². The number of carbonyl (C=O) groups is 2. The quantitative estimate of drug-likeness (QED) is 0.701. The Morgan fingerprint density at radius 1 is 0.967 bits per heavy atom. The van der Waals surface area contributed by atoms with Crippen molar-refractivity contribution in [3.8, 4) is 0 Å². The van der Waals surface area contributed by atoms with Gasteiger partial charge in [0, 0.05) is 31.2 Å². The number of para-hydroxylation sites is 1. The summed E-state index contributed by atoms with van der Waals surface area (Å²) in [5, 5.41) is 5.95. The number of amides is 2. The zero-order valence-corrected chi connectivity index (χ0v) is 17.8. The SMILES string of the molecule is CC(C)CC(CNC(=O)c1ccccc1NC(=O)c1ccccc1)N1CCOCC1. The molecule has 2 aromatic carbocycles. The van der Waals surface area contributed by atoms with E-state index in [1.165, 1.54) is 0 Å². The van der Waals surface area contributed by atoms with E-state index in [9.17, 15) is 9.59 Å². The fourth-order valence-electron chi connectivity index (χ4n) is 3.73. The van der Waals surface area contributed by atoms with Gasteiger partial charge in [-0.05, 0) is 36.6 Å². The molecule has 1 aliphatic rings. The topological polar surface area (TPSA) is 70.7 Å². The standard InChI is InChI=1S/C24H31N3O3/c1-18(2)16-20(27-12-14-30-15-13-27)17-25-24(29)21-10-6-7-11-22(21)26-23(28)19-8-4-3-5-9-19/h3-11,18,20H,12-17H2,1-2H3,(H,25,29)(H,26,28). The van der Waals surface area contributed by atoms with Crippen molar-refractivity contribution in [1.29, 1.82) is 0 Å². The van der Waals surface area contributed by atoms with Gasteiger partial charge in [-0.15, -0.1) is 0 Å². The Morgan fingerprint density at radius 3 is 2.33 bits per heavy atom. The molecule has 0 aliphatic carbocycles. The zero-order chi connectivity index (χ0) is 21.3. The minimum atomic E-state index is -0.234. The number of morpholine rings is 1. The summed E-state index contributed by atoms with van der Waals surface area (Å²) in [5.41, 5.74) is 1.53. The molecule has 1 unspecified atom stereocenters. The third kappa shape index (κ3) is 6.15. The first-order valence-electron chi connectivity index (χ1n) is 10.6. The van der Waals surface area contributed by atoms with Crippen LogP contribution >= 0.6 is 0 Å². The molecular formula is C24H31N3O3. The predicted molar refractivity (Wildman–Crippen MR) is 119 cm³/mol. The fraction of sp³-hybridized carbons (Fsp3) is 0.417. The van der Waals surface area contributed by atoms with E-state index in [4.69, 9.17) is 4.74 Å². The first kappa shape index (κ1) is 22.0. The molecule has 2 amide bonds. The molecule has 1 fully saturated rings. The van der Waals surface area contributed by atoms with Crippen LogP contribution in [0.25, 0.3) is 0 Å². The first-order chi connectivity index (χ1) is 14.5. The summed E-state index contributed by atoms with van der Waals surface area (Å²) in [5.74, 6) is 0.120. The maximum atomic E-state index is 13.0. The van der Waals surface area contributed by atoms with Crippen LogP contribution in [0.15, 0.2) is 54.6 Å². The Labute approximate surface area is 178 Å². The number of carbonyl (C=O) groups excluding carboxylic acids is 2. The van der Waals surface area contributed by atoms with Crippen LogP contribution in [0.1, 0.15) is 41.0 Å². The Hall–Kier alpha value is -2.70. The van der Waals surface area contributed by atoms with Gasteiger partial charge >= 0.3 is 0 Å². The molecule has 1 heterocycles. The number of nitrogens with one attached hydrogen (secondary N) is 2. The van der Waals surface area contributed by atoms with E-state index in [2.05, 4.69) is 29.4 Å². The second kappa shape index (κ2) is 10.9. The number of anilines is 1. The molecular weight excluding hydrogens is 378 g/mol. The van der Waals surface area contributed by atoms with E-state index in [-0.39, 0.29) is 17.9 Å². The minimum Gasteiger partial charge on any atom is -0.379 e. The Bertz CT molecular complexity index is 833. The molecule has 0 aromatic heterocycles. The van der Waals surface area contributed by atoms with Gasteiger partial charge in [-0.2, -0.15) is 0 Å². The average molecular weight is 410 g/mol. The molecule has 0 bridgehead atoms. The summed E-state index contributed by atoms with van der Waals surface area (Å²) in [7, 11) is 0. The molecule has 0 radical (unpaired) electrons. The van der Waals surface area contributed by atoms with E-state index < -0.39 is 0 Å². The van der Waals surface area contributed by atoms with Gasteiger partial charge in [-0.3, -0.25) is 14.5 Å². The second-order valence-electron chi connectivity index (χ2n) is 8.01. The number of rotatable bonds is 8. The van der Waals surface area contributed by atoms with Gasteiger partial charge in [0.15, 0.2) is 0 Å². The molecule has 2 N–H and O–H groups in total. The van der Waals surface area contributed by atoms with Crippen LogP contribution in [0, 0.1) is 5.92 Å². The Balaban J connectivity index is 1.66. The van der Waals surface area contributed by atoms with E-state index in [1.54, 1.807) is 30.3 Å². The van der Waals surface area contributed by atoms with Gasteiger partial charge in [0.25, 0.3) is 11.8 Å². The molecule has 1 aliphatic heterocycles. The van der Waals surface area contributed by atoms with Crippen LogP contribution in [0.4, 0.5) is 5.69 Å². The molecule has 1 atom stereocenters. The summed E-state index contributed by atoms with van der Waals surface area (Å²) in [6.07, 6.45) is 1.01. The van der Waals surface area contributed by atoms with E-state index in [1.807, 2.05) is 24.3 Å². The molecule has 30 heavy (non-hydrogen) atoms. The molecule has 6 nitrogen and oxygen atoms in total. The zero-order valence-electron chi connectivity index (χ0n) is 17.8. The highest BCUT2D eigenvalue weighted by Crippen LogP contribution is 2.17. The van der Waals surface area contributed by atoms with Crippen molar-refractivity contribution in [2.75, 3.05) is 38.2 Å². The van der Waals surface area contributed by atoms with Crippen molar-refractivity contribution < 1.29 is 14.3 Å². The minimum absolute atomic E-state index is 0.180. The number of ether oxygens (including phenoxy) is 1. The lowest BCUT2D eigenvalue weighted by atomic mass is 10.0. The summed E-state index contributed by atoms with van der Waals surface area (Å²) in [4.78, 5) is 27.9. The van der Waals surface area contributed by atoms with Crippen LogP contribution in [-0.4, -0.2) is 55.6 Å². The Kier molecular flexibility index (Phi) is 7.99. The van der Waals surface area contributed by atoms with Crippen LogP contribution < -0.4 is 10.6 Å². The highest BCUT2D eigenvalue weighted by atomic mass is 16.5. The summed E-state index contributed by atoms with van der Waals surface area (Å²) in [6.45, 7) is 8.20. The molecule has 160 valence electrons. The van der Waals surface area contributed by atoms with Gasteiger partial charge in [0.2, 0.25) is 0 Å². The fourth-order valence-corrected chi connectivity index (χ4v) is 3.73. The van der Waals surface area contributed by atoms with Crippen molar-refractivity contribution >= 4 is 17.5 Å². The summed E-state index contributed by atoms with van der Waals surface area (Å²) >= 11 is 0. The third-order valence-corrected chi connectivity index (χ3v) is 5.26. The summed E-state index contributed by atoms with van der Waals surface area (Å²) < 4.78 is 5.47. The molecule has 0 saturated carbocycles. The van der Waals surface area contributed by atoms with Crippen LogP contribution in [0.3, 0.4) is 0 Å². The largest absolute Gasteiger partial charge is 0.379 e. The monoisotopic (exact) mass is 409 g/mol. The number of hydrogen-bond acceptors (Lipinski definition) is 4. The smallest absolute Gasteiger partial charge is 0.255 e. The number of nitrogens with zero attached hydrogens (tertiary/aromatic N) is 1. The van der Waals surface area contributed by atoms with E-state index >= 15 is 0 Å². The molecule has 3 rings (SSSR count). The first-order valence-corrected chi connectivity index (χ1v) is 10.6. The van der Waals surface area contributed by atoms with Crippen molar-refractivity contribution in [3.05, 3.63) is 65.7 Å². The number of hydrogen-bond donors (Lipinski definition) is 2. The van der Waals surface area contributed by atoms with Crippen molar-refractivity contribution in [2.45, 2.75) is 26.3 Å². The lowest BCUT2D eigenvalue weighted by Crippen LogP contribution is -2.49. The highest BCUT2D eigenvalue weighted by molar-refractivity contribution is 6.08. The second-order valence-corrected chi connectivity index (χ2v) is 8.01. The van der Waals surface area contributed by atoms with Crippen molar-refractivity contribution in [1.82, 2.24) is 10.2 Å². The lowest BCUT2D eigenvalue weighted by Gasteiger charge is -2.35. The van der Waals surface area contributed by atoms with E-state index in [0.717, 1.165) is 32.7 Å². The van der Waals surface area contributed by atoms with Crippen LogP contribution in [0.5, 0.6) is 0 Å². The van der Waals surface area contributed by atoms with Crippen LogP contribution in [-0.2, 0) is 4.74 Å². The van der Waals surface area contributed by atoms with E-state index in [0.29, 0.717) is 29.3 Å². The van der Waals surface area contributed by atoms with Gasteiger partial charge < -0.3 is 15.4 Å². The summed E-state index contributed by atoms with van der Waals surface area (Å²) in [6, 6.07) is 16.4. The maximum Gasteiger partial charge on any atom is 0.255 e. The molecule has 6 heteroatoms. The van der Waals surface area contributed by atoms with Crippen molar-refractivity contribution in [3.63, 3.8) is 0 Å². The van der Waals surface area contributed by atoms with Crippen molar-refractivity contribution in [2.24, 2.45) is 5.92 Å². The Morgan fingerprint density at radius 2 is 1.63 bits per heavy atom. The highest BCUT2D eigenvalue weighted by Gasteiger charge is 2.23. The normalized spacial score (nSPS) is 15.6. The van der Waals surface area contributed by atoms with Gasteiger partial charge in [0.05, 0.1) is 24.5 Å². The maximum absolute atomic E-state index is 13.0. The molecule has 1 saturated heterocycles. The number of benzene rings is 2. The predicted octanol–water partition coefficient (Wildman–Crippen LogP) is 3.42. The van der Waals surface area contributed by atoms with Gasteiger partial charge in [0.1, 0.15) is 0 Å². The average Bonchev–Trinajstić information content (AvgIpc) is 2.77. The molecule has 0 spiro atoms. The third-order valence-electron chi connectivity index (χ3n) is 5.26. The molecule has 2 aromatic rings. The van der Waals surface area contributed by atoms with Gasteiger partial charge in [-0.1, -0.05) is 44.2 Å².